The second kappa shape index (κ2) is 10.1. The van der Waals surface area contributed by atoms with Crippen LogP contribution in [0.1, 0.15) is 18.1 Å². The van der Waals surface area contributed by atoms with Crippen LogP contribution in [-0.4, -0.2) is 12.0 Å². The molecule has 0 bridgehead atoms. The smallest absolute Gasteiger partial charge is 0.348 e. The predicted octanol–water partition coefficient (Wildman–Crippen LogP) is 7.81. The molecular formula is C25H21ClF2O2. The van der Waals surface area contributed by atoms with E-state index in [0.29, 0.717) is 23.7 Å². The standard InChI is InChI=1S/C25H21ClF2O2/c1-2-29-21-16-14-20(15-17-21)24(25(26,27)28)13-7-9-19-8-6-12-23(18-19)30-22-10-4-3-5-11-22/h3-18H,2H2,1H3. The molecule has 0 heterocycles. The van der Waals surface area contributed by atoms with Crippen molar-refractivity contribution in [3.05, 3.63) is 102 Å². The van der Waals surface area contributed by atoms with Crippen LogP contribution in [0.25, 0.3) is 11.6 Å². The van der Waals surface area contributed by atoms with Crippen LogP contribution in [0.15, 0.2) is 91.0 Å². The topological polar surface area (TPSA) is 18.5 Å². The van der Waals surface area contributed by atoms with E-state index in [-0.39, 0.29) is 5.57 Å². The molecule has 0 fully saturated rings. The van der Waals surface area contributed by atoms with E-state index in [9.17, 15) is 8.78 Å². The van der Waals surface area contributed by atoms with Gasteiger partial charge in [-0.25, -0.2) is 0 Å². The summed E-state index contributed by atoms with van der Waals surface area (Å²) in [5.74, 6) is 1.99. The SMILES string of the molecule is CCOc1ccc(C(=CC=Cc2cccc(Oc3ccccc3)c2)C(F)(F)Cl)cc1. The molecule has 30 heavy (non-hydrogen) atoms. The number of halogens is 3. The summed E-state index contributed by atoms with van der Waals surface area (Å²) in [6, 6.07) is 23.2. The van der Waals surface area contributed by atoms with Crippen molar-refractivity contribution in [2.45, 2.75) is 12.3 Å². The molecule has 0 atom stereocenters. The van der Waals surface area contributed by atoms with Crippen LogP contribution in [0.3, 0.4) is 0 Å². The summed E-state index contributed by atoms with van der Waals surface area (Å²) >= 11 is 5.35. The zero-order valence-corrected chi connectivity index (χ0v) is 17.2. The number of alkyl halides is 3. The van der Waals surface area contributed by atoms with Gasteiger partial charge in [-0.3, -0.25) is 0 Å². The highest BCUT2D eigenvalue weighted by Gasteiger charge is 2.31. The second-order valence-electron chi connectivity index (χ2n) is 6.38. The molecule has 0 N–H and O–H groups in total. The van der Waals surface area contributed by atoms with E-state index in [1.54, 1.807) is 36.4 Å². The Morgan fingerprint density at radius 1 is 0.900 bits per heavy atom. The molecule has 0 saturated heterocycles. The van der Waals surface area contributed by atoms with Crippen LogP contribution in [0.2, 0.25) is 0 Å². The van der Waals surface area contributed by atoms with Crippen molar-refractivity contribution in [1.82, 2.24) is 0 Å². The first-order valence-corrected chi connectivity index (χ1v) is 9.85. The van der Waals surface area contributed by atoms with Crippen molar-refractivity contribution in [2.75, 3.05) is 6.61 Å². The Kier molecular flexibility index (Phi) is 7.26. The highest BCUT2D eigenvalue weighted by molar-refractivity contribution is 6.27. The van der Waals surface area contributed by atoms with Gasteiger partial charge < -0.3 is 9.47 Å². The minimum atomic E-state index is -3.50. The Labute approximate surface area is 180 Å². The quantitative estimate of drug-likeness (QED) is 0.270. The van der Waals surface area contributed by atoms with E-state index in [4.69, 9.17) is 21.1 Å². The lowest BCUT2D eigenvalue weighted by molar-refractivity contribution is 0.164. The van der Waals surface area contributed by atoms with Crippen LogP contribution in [0.5, 0.6) is 17.2 Å². The van der Waals surface area contributed by atoms with Crippen molar-refractivity contribution >= 4 is 23.3 Å². The van der Waals surface area contributed by atoms with Crippen molar-refractivity contribution in [3.63, 3.8) is 0 Å². The van der Waals surface area contributed by atoms with Gasteiger partial charge in [0.1, 0.15) is 17.2 Å². The Morgan fingerprint density at radius 3 is 2.27 bits per heavy atom. The zero-order valence-electron chi connectivity index (χ0n) is 16.4. The second-order valence-corrected chi connectivity index (χ2v) is 6.86. The lowest BCUT2D eigenvalue weighted by Crippen LogP contribution is -2.09. The van der Waals surface area contributed by atoms with Gasteiger partial charge in [0, 0.05) is 5.57 Å². The van der Waals surface area contributed by atoms with Crippen molar-refractivity contribution in [3.8, 4) is 17.2 Å². The molecular weight excluding hydrogens is 406 g/mol. The van der Waals surface area contributed by atoms with Gasteiger partial charge in [-0.1, -0.05) is 60.7 Å². The fourth-order valence-corrected chi connectivity index (χ4v) is 2.99. The van der Waals surface area contributed by atoms with E-state index >= 15 is 0 Å². The molecule has 0 aliphatic rings. The molecule has 0 saturated carbocycles. The fraction of sp³-hybridized carbons (Fsp3) is 0.120. The summed E-state index contributed by atoms with van der Waals surface area (Å²) in [5, 5.41) is -3.50. The lowest BCUT2D eigenvalue weighted by atomic mass is 10.0. The van der Waals surface area contributed by atoms with Crippen LogP contribution in [0, 0.1) is 0 Å². The van der Waals surface area contributed by atoms with Gasteiger partial charge in [-0.2, -0.15) is 8.78 Å². The predicted molar refractivity (Wildman–Crippen MR) is 118 cm³/mol. The number of ether oxygens (including phenoxy) is 2. The molecule has 0 radical (unpaired) electrons. The molecule has 0 unspecified atom stereocenters. The zero-order chi connectivity index (χ0) is 21.4. The number of para-hydroxylation sites is 1. The monoisotopic (exact) mass is 426 g/mol. The van der Waals surface area contributed by atoms with E-state index in [0.717, 1.165) is 11.3 Å². The molecule has 3 aromatic carbocycles. The number of allylic oxidation sites excluding steroid dienone is 3. The molecule has 0 amide bonds. The molecule has 0 aliphatic carbocycles. The van der Waals surface area contributed by atoms with Gasteiger partial charge in [0.05, 0.1) is 6.61 Å². The first kappa shape index (κ1) is 21.6. The molecule has 154 valence electrons. The summed E-state index contributed by atoms with van der Waals surface area (Å²) < 4.78 is 39.1. The van der Waals surface area contributed by atoms with Crippen molar-refractivity contribution < 1.29 is 18.3 Å². The van der Waals surface area contributed by atoms with Gasteiger partial charge in [-0.15, -0.1) is 0 Å². The highest BCUT2D eigenvalue weighted by atomic mass is 35.5. The van der Waals surface area contributed by atoms with E-state index in [1.807, 2.05) is 61.5 Å². The van der Waals surface area contributed by atoms with Crippen molar-refractivity contribution in [2.24, 2.45) is 0 Å². The largest absolute Gasteiger partial charge is 0.494 e. The Bertz CT molecular complexity index is 1010. The van der Waals surface area contributed by atoms with Crippen LogP contribution in [0.4, 0.5) is 8.78 Å². The van der Waals surface area contributed by atoms with Gasteiger partial charge in [0.15, 0.2) is 0 Å². The Hall–Kier alpha value is -3.11. The Balaban J connectivity index is 1.79. The summed E-state index contributed by atoms with van der Waals surface area (Å²) in [6.45, 7) is 2.36. The Morgan fingerprint density at radius 2 is 1.60 bits per heavy atom. The first-order chi connectivity index (χ1) is 14.5. The third-order valence-electron chi connectivity index (χ3n) is 4.17. The molecule has 5 heteroatoms. The highest BCUT2D eigenvalue weighted by Crippen LogP contribution is 2.36. The third kappa shape index (κ3) is 6.19. The minimum absolute atomic E-state index is 0.292. The van der Waals surface area contributed by atoms with E-state index in [1.165, 1.54) is 6.08 Å². The number of hydrogen-bond donors (Lipinski definition) is 0. The molecule has 0 aromatic heterocycles. The molecule has 0 spiro atoms. The van der Waals surface area contributed by atoms with E-state index in [2.05, 4.69) is 0 Å². The summed E-state index contributed by atoms with van der Waals surface area (Å²) in [5.41, 5.74) is 0.841. The average molecular weight is 427 g/mol. The summed E-state index contributed by atoms with van der Waals surface area (Å²) in [6.07, 6.45) is 4.58. The van der Waals surface area contributed by atoms with Gasteiger partial charge >= 0.3 is 5.38 Å². The molecule has 0 aliphatic heterocycles. The number of benzene rings is 3. The van der Waals surface area contributed by atoms with Crippen molar-refractivity contribution in [1.29, 1.82) is 0 Å². The molecule has 3 rings (SSSR count). The maximum absolute atomic E-state index is 14.0. The first-order valence-electron chi connectivity index (χ1n) is 9.47. The minimum Gasteiger partial charge on any atom is -0.494 e. The maximum Gasteiger partial charge on any atom is 0.348 e. The average Bonchev–Trinajstić information content (AvgIpc) is 2.72. The van der Waals surface area contributed by atoms with Crippen LogP contribution < -0.4 is 9.47 Å². The molecule has 2 nitrogen and oxygen atoms in total. The van der Waals surface area contributed by atoms with Crippen LogP contribution in [-0.2, 0) is 0 Å². The van der Waals surface area contributed by atoms with E-state index < -0.39 is 5.38 Å². The van der Waals surface area contributed by atoms with Gasteiger partial charge in [0.25, 0.3) is 0 Å². The normalized spacial score (nSPS) is 12.2. The summed E-state index contributed by atoms with van der Waals surface area (Å²) in [4.78, 5) is 0. The van der Waals surface area contributed by atoms with Crippen LogP contribution >= 0.6 is 11.6 Å². The third-order valence-corrected chi connectivity index (χ3v) is 4.37. The lowest BCUT2D eigenvalue weighted by Gasteiger charge is -2.13. The number of hydrogen-bond acceptors (Lipinski definition) is 2. The maximum atomic E-state index is 14.0. The number of rotatable bonds is 8. The van der Waals surface area contributed by atoms with Gasteiger partial charge in [-0.05, 0) is 66.0 Å². The molecule has 3 aromatic rings. The fourth-order valence-electron chi connectivity index (χ4n) is 2.81. The summed E-state index contributed by atoms with van der Waals surface area (Å²) in [7, 11) is 0. The van der Waals surface area contributed by atoms with Gasteiger partial charge in [0.2, 0.25) is 0 Å².